The molecule has 0 aliphatic carbocycles. The number of anilines is 2. The predicted octanol–water partition coefficient (Wildman–Crippen LogP) is 5.17. The van der Waals surface area contributed by atoms with Crippen molar-refractivity contribution in [2.75, 3.05) is 16.8 Å². The van der Waals surface area contributed by atoms with E-state index in [1.54, 1.807) is 35.2 Å². The number of hydrogen-bond acceptors (Lipinski definition) is 3. The van der Waals surface area contributed by atoms with Crippen molar-refractivity contribution in [3.63, 3.8) is 0 Å². The highest BCUT2D eigenvalue weighted by molar-refractivity contribution is 6.42. The fraction of sp³-hybridized carbons (Fsp3) is 0.0909. The molecule has 5 nitrogen and oxygen atoms in total. The van der Waals surface area contributed by atoms with E-state index < -0.39 is 0 Å². The Hall–Kier alpha value is -3.02. The van der Waals surface area contributed by atoms with Gasteiger partial charge in [0.05, 0.1) is 22.3 Å². The van der Waals surface area contributed by atoms with Gasteiger partial charge in [-0.25, -0.2) is 0 Å². The number of nitrogens with one attached hydrogen (secondary N) is 1. The Kier molecular flexibility index (Phi) is 5.43. The molecule has 1 heterocycles. The van der Waals surface area contributed by atoms with E-state index in [4.69, 9.17) is 27.9 Å². The van der Waals surface area contributed by atoms with Gasteiger partial charge >= 0.3 is 0 Å². The first-order valence-corrected chi connectivity index (χ1v) is 9.64. The second-order valence-electron chi connectivity index (χ2n) is 6.52. The second-order valence-corrected chi connectivity index (χ2v) is 7.33. The zero-order valence-electron chi connectivity index (χ0n) is 15.2. The van der Waals surface area contributed by atoms with Crippen LogP contribution in [0.3, 0.4) is 0 Å². The molecule has 146 valence electrons. The van der Waals surface area contributed by atoms with Crippen LogP contribution in [-0.4, -0.2) is 18.4 Å². The van der Waals surface area contributed by atoms with Gasteiger partial charge in [-0.1, -0.05) is 47.5 Å². The highest BCUT2D eigenvalue weighted by atomic mass is 35.5. The Balaban J connectivity index is 1.47. The molecule has 0 saturated carbocycles. The zero-order chi connectivity index (χ0) is 20.4. The Morgan fingerprint density at radius 3 is 2.52 bits per heavy atom. The van der Waals surface area contributed by atoms with Crippen LogP contribution in [-0.2, 0) is 11.3 Å². The maximum absolute atomic E-state index is 12.5. The Bertz CT molecular complexity index is 1080. The van der Waals surface area contributed by atoms with Gasteiger partial charge in [0.25, 0.3) is 11.8 Å². The summed E-state index contributed by atoms with van der Waals surface area (Å²) in [6.07, 6.45) is 0. The minimum atomic E-state index is -0.261. The number of para-hydroxylation sites is 2. The lowest BCUT2D eigenvalue weighted by Gasteiger charge is -2.29. The summed E-state index contributed by atoms with van der Waals surface area (Å²) in [7, 11) is 0. The number of rotatable bonds is 4. The normalized spacial score (nSPS) is 12.9. The Morgan fingerprint density at radius 1 is 1.00 bits per heavy atom. The van der Waals surface area contributed by atoms with Crippen molar-refractivity contribution in [1.82, 2.24) is 0 Å². The molecule has 1 aliphatic heterocycles. The van der Waals surface area contributed by atoms with Gasteiger partial charge in [0.1, 0.15) is 5.75 Å². The molecule has 29 heavy (non-hydrogen) atoms. The van der Waals surface area contributed by atoms with Crippen LogP contribution in [0.2, 0.25) is 10.0 Å². The van der Waals surface area contributed by atoms with Crippen LogP contribution < -0.4 is 15.0 Å². The minimum Gasteiger partial charge on any atom is -0.482 e. The molecule has 2 amide bonds. The molecule has 3 aromatic carbocycles. The predicted molar refractivity (Wildman–Crippen MR) is 114 cm³/mol. The van der Waals surface area contributed by atoms with Crippen LogP contribution in [0.4, 0.5) is 11.4 Å². The molecule has 4 rings (SSSR count). The molecule has 0 radical (unpaired) electrons. The number of amides is 2. The van der Waals surface area contributed by atoms with E-state index in [9.17, 15) is 9.59 Å². The highest BCUT2D eigenvalue weighted by Crippen LogP contribution is 2.32. The van der Waals surface area contributed by atoms with E-state index in [2.05, 4.69) is 5.32 Å². The monoisotopic (exact) mass is 426 g/mol. The summed E-state index contributed by atoms with van der Waals surface area (Å²) in [4.78, 5) is 26.5. The summed E-state index contributed by atoms with van der Waals surface area (Å²) in [5, 5.41) is 3.58. The molecule has 1 N–H and O–H groups in total. The van der Waals surface area contributed by atoms with Gasteiger partial charge in [0, 0.05) is 11.3 Å². The quantitative estimate of drug-likeness (QED) is 0.625. The van der Waals surface area contributed by atoms with E-state index in [-0.39, 0.29) is 18.4 Å². The van der Waals surface area contributed by atoms with Crippen molar-refractivity contribution in [3.8, 4) is 5.75 Å². The van der Waals surface area contributed by atoms with Crippen molar-refractivity contribution in [2.24, 2.45) is 0 Å². The standard InChI is InChI=1S/C22H16Cl2N2O3/c23-17-10-9-16(11-18(17)24)25-22(28)15-7-5-14(6-8-15)12-26-19-3-1-2-4-20(19)29-13-21(26)27/h1-11H,12-13H2,(H,25,28). The number of fused-ring (bicyclic) bond motifs is 1. The minimum absolute atomic E-state index is 0.0150. The third-order valence-electron chi connectivity index (χ3n) is 4.54. The van der Waals surface area contributed by atoms with Crippen LogP contribution in [0, 0.1) is 0 Å². The summed E-state index contributed by atoms with van der Waals surface area (Å²) < 4.78 is 5.46. The molecule has 7 heteroatoms. The average Bonchev–Trinajstić information content (AvgIpc) is 2.73. The molecule has 0 aromatic heterocycles. The van der Waals surface area contributed by atoms with E-state index >= 15 is 0 Å². The fourth-order valence-corrected chi connectivity index (χ4v) is 3.35. The molecule has 3 aromatic rings. The van der Waals surface area contributed by atoms with Crippen molar-refractivity contribution in [1.29, 1.82) is 0 Å². The summed E-state index contributed by atoms with van der Waals surface area (Å²) in [6.45, 7) is 0.412. The summed E-state index contributed by atoms with van der Waals surface area (Å²) in [5.74, 6) is 0.317. The molecule has 0 unspecified atom stereocenters. The van der Waals surface area contributed by atoms with Crippen LogP contribution in [0.1, 0.15) is 15.9 Å². The van der Waals surface area contributed by atoms with Gasteiger partial charge in [0.15, 0.2) is 6.61 Å². The maximum atomic E-state index is 12.5. The molecule has 0 bridgehead atoms. The van der Waals surface area contributed by atoms with Gasteiger partial charge in [-0.3, -0.25) is 9.59 Å². The lowest BCUT2D eigenvalue weighted by atomic mass is 10.1. The molecule has 0 saturated heterocycles. The van der Waals surface area contributed by atoms with Gasteiger partial charge in [-0.2, -0.15) is 0 Å². The second kappa shape index (κ2) is 8.15. The number of halogens is 2. The maximum Gasteiger partial charge on any atom is 0.265 e. The third kappa shape index (κ3) is 4.21. The van der Waals surface area contributed by atoms with Gasteiger partial charge in [-0.15, -0.1) is 0 Å². The summed E-state index contributed by atoms with van der Waals surface area (Å²) in [5.41, 5.74) is 2.70. The first kappa shape index (κ1) is 19.3. The van der Waals surface area contributed by atoms with E-state index in [0.29, 0.717) is 33.6 Å². The van der Waals surface area contributed by atoms with E-state index in [1.807, 2.05) is 36.4 Å². The zero-order valence-corrected chi connectivity index (χ0v) is 16.7. The van der Waals surface area contributed by atoms with Crippen molar-refractivity contribution < 1.29 is 14.3 Å². The highest BCUT2D eigenvalue weighted by Gasteiger charge is 2.25. The topological polar surface area (TPSA) is 58.6 Å². The number of benzene rings is 3. The lowest BCUT2D eigenvalue weighted by molar-refractivity contribution is -0.121. The van der Waals surface area contributed by atoms with Crippen LogP contribution in [0.25, 0.3) is 0 Å². The Labute approximate surface area is 177 Å². The smallest absolute Gasteiger partial charge is 0.265 e. The average molecular weight is 427 g/mol. The number of hydrogen-bond donors (Lipinski definition) is 1. The third-order valence-corrected chi connectivity index (χ3v) is 5.28. The van der Waals surface area contributed by atoms with Crippen molar-refractivity contribution in [2.45, 2.75) is 6.54 Å². The van der Waals surface area contributed by atoms with Gasteiger partial charge in [0.2, 0.25) is 0 Å². The van der Waals surface area contributed by atoms with Gasteiger partial charge in [-0.05, 0) is 48.0 Å². The van der Waals surface area contributed by atoms with Crippen molar-refractivity contribution >= 4 is 46.4 Å². The molecule has 1 aliphatic rings. The SMILES string of the molecule is O=C(Nc1ccc(Cl)c(Cl)c1)c1ccc(CN2C(=O)COc3ccccc32)cc1. The van der Waals surface area contributed by atoms with E-state index in [0.717, 1.165) is 11.3 Å². The van der Waals surface area contributed by atoms with Crippen LogP contribution in [0.15, 0.2) is 66.7 Å². The number of carbonyl (C=O) groups is 2. The van der Waals surface area contributed by atoms with Gasteiger partial charge < -0.3 is 15.0 Å². The van der Waals surface area contributed by atoms with Crippen LogP contribution >= 0.6 is 23.2 Å². The fourth-order valence-electron chi connectivity index (χ4n) is 3.05. The molecule has 0 atom stereocenters. The molecule has 0 spiro atoms. The molecule has 0 fully saturated rings. The lowest BCUT2D eigenvalue weighted by Crippen LogP contribution is -2.38. The van der Waals surface area contributed by atoms with Crippen molar-refractivity contribution in [3.05, 3.63) is 87.9 Å². The number of ether oxygens (including phenoxy) is 1. The number of nitrogens with zero attached hydrogens (tertiary/aromatic N) is 1. The Morgan fingerprint density at radius 2 is 1.76 bits per heavy atom. The first-order chi connectivity index (χ1) is 14.0. The number of carbonyl (C=O) groups excluding carboxylic acids is 2. The van der Waals surface area contributed by atoms with E-state index in [1.165, 1.54) is 0 Å². The molecular weight excluding hydrogens is 411 g/mol. The first-order valence-electron chi connectivity index (χ1n) is 8.89. The molecular formula is C22H16Cl2N2O3. The largest absolute Gasteiger partial charge is 0.482 e. The summed E-state index contributed by atoms with van der Waals surface area (Å²) >= 11 is 11.9. The summed E-state index contributed by atoms with van der Waals surface area (Å²) in [6, 6.07) is 19.4. The van der Waals surface area contributed by atoms with Crippen LogP contribution in [0.5, 0.6) is 5.75 Å².